The van der Waals surface area contributed by atoms with Crippen LogP contribution < -0.4 is 4.74 Å². The van der Waals surface area contributed by atoms with Gasteiger partial charge in [0.25, 0.3) is 0 Å². The van der Waals surface area contributed by atoms with Gasteiger partial charge in [-0.25, -0.2) is 9.98 Å². The lowest BCUT2D eigenvalue weighted by Crippen LogP contribution is -2.03. The highest BCUT2D eigenvalue weighted by atomic mass is 32.2. The highest BCUT2D eigenvalue weighted by Gasteiger charge is 2.24. The molecule has 0 radical (unpaired) electrons. The molecule has 32 heavy (non-hydrogen) atoms. The predicted molar refractivity (Wildman–Crippen MR) is 137 cm³/mol. The van der Waals surface area contributed by atoms with E-state index in [0.29, 0.717) is 6.61 Å². The molecule has 0 aromatic heterocycles. The second-order valence-electron chi connectivity index (χ2n) is 7.78. The summed E-state index contributed by atoms with van der Waals surface area (Å²) in [5.41, 5.74) is 5.55. The maximum Gasteiger partial charge on any atom is 0.119 e. The highest BCUT2D eigenvalue weighted by Crippen LogP contribution is 2.50. The fourth-order valence-corrected chi connectivity index (χ4v) is 6.13. The summed E-state index contributed by atoms with van der Waals surface area (Å²) < 4.78 is 5.58. The maximum atomic E-state index is 5.58. The minimum atomic E-state index is 0.668. The van der Waals surface area contributed by atoms with Crippen molar-refractivity contribution in [3.05, 3.63) is 89.5 Å². The Hall–Kier alpha value is -3.02. The molecule has 0 amide bonds. The molecule has 0 unspecified atom stereocenters. The SMILES string of the molecule is CCOc1ccc(C2=Nc3ccc4c5c(ccc(c35)S2)N=C(c2ccc(C)cc2)S4)cc1. The van der Waals surface area contributed by atoms with E-state index in [2.05, 4.69) is 67.6 Å². The molecule has 4 aromatic carbocycles. The third-order valence-electron chi connectivity index (χ3n) is 5.61. The number of rotatable bonds is 4. The average molecular weight is 453 g/mol. The third-order valence-corrected chi connectivity index (χ3v) is 7.77. The van der Waals surface area contributed by atoms with Gasteiger partial charge in [-0.3, -0.25) is 0 Å². The van der Waals surface area contributed by atoms with Crippen LogP contribution in [0.5, 0.6) is 5.75 Å². The second-order valence-corrected chi connectivity index (χ2v) is 9.84. The molecule has 6 rings (SSSR count). The van der Waals surface area contributed by atoms with E-state index in [1.165, 1.54) is 26.1 Å². The largest absolute Gasteiger partial charge is 0.494 e. The van der Waals surface area contributed by atoms with Crippen LogP contribution in [-0.4, -0.2) is 16.7 Å². The van der Waals surface area contributed by atoms with Gasteiger partial charge in [-0.2, -0.15) is 0 Å². The molecular formula is C27H20N2OS2. The minimum Gasteiger partial charge on any atom is -0.494 e. The fraction of sp³-hybridized carbons (Fsp3) is 0.111. The van der Waals surface area contributed by atoms with Crippen LogP contribution in [-0.2, 0) is 0 Å². The van der Waals surface area contributed by atoms with Crippen LogP contribution in [0.25, 0.3) is 10.8 Å². The van der Waals surface area contributed by atoms with Crippen molar-refractivity contribution >= 4 is 55.8 Å². The van der Waals surface area contributed by atoms with E-state index >= 15 is 0 Å². The summed E-state index contributed by atoms with van der Waals surface area (Å²) in [6.45, 7) is 4.77. The van der Waals surface area contributed by atoms with Gasteiger partial charge in [-0.05, 0) is 62.4 Å². The molecule has 0 N–H and O–H groups in total. The molecule has 2 aliphatic rings. The summed E-state index contributed by atoms with van der Waals surface area (Å²) in [5, 5.41) is 4.47. The van der Waals surface area contributed by atoms with E-state index in [1.807, 2.05) is 19.1 Å². The first-order valence-electron chi connectivity index (χ1n) is 10.6. The quantitative estimate of drug-likeness (QED) is 0.315. The topological polar surface area (TPSA) is 34.0 Å². The molecule has 0 spiro atoms. The molecule has 2 heterocycles. The van der Waals surface area contributed by atoms with Gasteiger partial charge < -0.3 is 4.74 Å². The van der Waals surface area contributed by atoms with Crippen molar-refractivity contribution in [3.63, 3.8) is 0 Å². The zero-order valence-corrected chi connectivity index (χ0v) is 19.4. The van der Waals surface area contributed by atoms with Crippen molar-refractivity contribution in [3.8, 4) is 5.75 Å². The lowest BCUT2D eigenvalue weighted by molar-refractivity contribution is 0.340. The standard InChI is InChI=1S/C27H20N2OS2/c1-3-30-19-10-8-18(9-11-19)27-29-21-13-14-22-24-20(12-15-23(32-27)25(21)24)28-26(31-22)17-6-4-16(2)5-7-17/h4-15H,3H2,1-2H3. The minimum absolute atomic E-state index is 0.668. The molecule has 0 saturated heterocycles. The zero-order chi connectivity index (χ0) is 21.7. The number of ether oxygens (including phenoxy) is 1. The molecule has 156 valence electrons. The predicted octanol–water partition coefficient (Wildman–Crippen LogP) is 7.91. The first-order valence-corrected chi connectivity index (χ1v) is 12.3. The number of benzene rings is 4. The van der Waals surface area contributed by atoms with Crippen LogP contribution >= 0.6 is 23.5 Å². The Bertz CT molecular complexity index is 1420. The number of hydrogen-bond acceptors (Lipinski definition) is 5. The summed E-state index contributed by atoms with van der Waals surface area (Å²) in [4.78, 5) is 12.5. The van der Waals surface area contributed by atoms with E-state index in [-0.39, 0.29) is 0 Å². The monoisotopic (exact) mass is 452 g/mol. The Morgan fingerprint density at radius 2 is 1.16 bits per heavy atom. The molecule has 0 saturated carbocycles. The normalized spacial score (nSPS) is 14.2. The summed E-state index contributed by atoms with van der Waals surface area (Å²) in [7, 11) is 0. The Kier molecular flexibility index (Phi) is 4.81. The second kappa shape index (κ2) is 7.84. The van der Waals surface area contributed by atoms with Gasteiger partial charge >= 0.3 is 0 Å². The van der Waals surface area contributed by atoms with Gasteiger partial charge in [0.05, 0.1) is 18.0 Å². The molecule has 3 nitrogen and oxygen atoms in total. The summed E-state index contributed by atoms with van der Waals surface area (Å²) in [6.07, 6.45) is 0. The first-order chi connectivity index (χ1) is 15.7. The molecular weight excluding hydrogens is 432 g/mol. The Morgan fingerprint density at radius 1 is 0.656 bits per heavy atom. The molecule has 5 heteroatoms. The lowest BCUT2D eigenvalue weighted by atomic mass is 10.1. The number of hydrogen-bond donors (Lipinski definition) is 0. The van der Waals surface area contributed by atoms with Gasteiger partial charge in [0, 0.05) is 31.7 Å². The van der Waals surface area contributed by atoms with Crippen molar-refractivity contribution in [1.82, 2.24) is 0 Å². The van der Waals surface area contributed by atoms with Gasteiger partial charge in [0.15, 0.2) is 0 Å². The van der Waals surface area contributed by atoms with E-state index < -0.39 is 0 Å². The van der Waals surface area contributed by atoms with Crippen molar-refractivity contribution in [2.75, 3.05) is 6.61 Å². The number of thioether (sulfide) groups is 2. The maximum absolute atomic E-state index is 5.58. The molecule has 4 aromatic rings. The summed E-state index contributed by atoms with van der Waals surface area (Å²) in [5.74, 6) is 0.885. The molecule has 0 aliphatic carbocycles. The lowest BCUT2D eigenvalue weighted by Gasteiger charge is -2.22. The van der Waals surface area contributed by atoms with Crippen molar-refractivity contribution in [2.24, 2.45) is 9.98 Å². The van der Waals surface area contributed by atoms with Crippen molar-refractivity contribution in [2.45, 2.75) is 23.6 Å². The Balaban J connectivity index is 1.43. The van der Waals surface area contributed by atoms with E-state index in [4.69, 9.17) is 14.7 Å². The van der Waals surface area contributed by atoms with Gasteiger partial charge in [-0.1, -0.05) is 53.4 Å². The van der Waals surface area contributed by atoms with E-state index in [9.17, 15) is 0 Å². The molecule has 0 fully saturated rings. The van der Waals surface area contributed by atoms with Gasteiger partial charge in [0.2, 0.25) is 0 Å². The Labute approximate surface area is 195 Å². The van der Waals surface area contributed by atoms with Crippen LogP contribution in [0.1, 0.15) is 23.6 Å². The van der Waals surface area contributed by atoms with Gasteiger partial charge in [-0.15, -0.1) is 0 Å². The van der Waals surface area contributed by atoms with Crippen LogP contribution in [0.2, 0.25) is 0 Å². The third kappa shape index (κ3) is 3.33. The smallest absolute Gasteiger partial charge is 0.119 e. The van der Waals surface area contributed by atoms with Crippen LogP contribution in [0.15, 0.2) is 92.6 Å². The van der Waals surface area contributed by atoms with Crippen LogP contribution in [0.3, 0.4) is 0 Å². The van der Waals surface area contributed by atoms with Crippen molar-refractivity contribution in [1.29, 1.82) is 0 Å². The fourth-order valence-electron chi connectivity index (χ4n) is 4.03. The zero-order valence-electron chi connectivity index (χ0n) is 17.8. The highest BCUT2D eigenvalue weighted by molar-refractivity contribution is 8.15. The number of aliphatic imine (C=N–C) groups is 2. The van der Waals surface area contributed by atoms with E-state index in [0.717, 1.165) is 38.3 Å². The average Bonchev–Trinajstić information content (AvgIpc) is 2.83. The van der Waals surface area contributed by atoms with E-state index in [1.54, 1.807) is 23.5 Å². The number of aryl methyl sites for hydroxylation is 1. The van der Waals surface area contributed by atoms with Crippen LogP contribution in [0.4, 0.5) is 11.4 Å². The number of nitrogens with zero attached hydrogens (tertiary/aromatic N) is 2. The first kappa shape index (κ1) is 19.6. The van der Waals surface area contributed by atoms with Crippen LogP contribution in [0, 0.1) is 6.92 Å². The summed E-state index contributed by atoms with van der Waals surface area (Å²) >= 11 is 3.47. The summed E-state index contributed by atoms with van der Waals surface area (Å²) in [6, 6.07) is 25.4. The Morgan fingerprint density at radius 3 is 1.66 bits per heavy atom. The molecule has 0 bridgehead atoms. The molecule has 0 atom stereocenters. The van der Waals surface area contributed by atoms with Gasteiger partial charge in [0.1, 0.15) is 15.8 Å². The van der Waals surface area contributed by atoms with Crippen molar-refractivity contribution < 1.29 is 4.74 Å². The molecule has 2 aliphatic heterocycles.